The van der Waals surface area contributed by atoms with Crippen molar-refractivity contribution in [2.45, 2.75) is 65.7 Å². The van der Waals surface area contributed by atoms with Crippen LogP contribution in [-0.4, -0.2) is 0 Å². The van der Waals surface area contributed by atoms with Crippen LogP contribution in [0.2, 0.25) is 0 Å². The van der Waals surface area contributed by atoms with Crippen molar-refractivity contribution in [3.05, 3.63) is 69.3 Å². The topological polar surface area (TPSA) is 0 Å². The molecule has 1 atom stereocenters. The third-order valence-corrected chi connectivity index (χ3v) is 6.29. The molecule has 0 bridgehead atoms. The molecule has 22 heavy (non-hydrogen) atoms. The van der Waals surface area contributed by atoms with E-state index in [4.69, 9.17) is 0 Å². The zero-order valence-corrected chi connectivity index (χ0v) is 15.1. The van der Waals surface area contributed by atoms with E-state index in [2.05, 4.69) is 78.8 Å². The van der Waals surface area contributed by atoms with Gasteiger partial charge in [-0.3, -0.25) is 0 Å². The molecule has 0 N–H and O–H groups in total. The van der Waals surface area contributed by atoms with Gasteiger partial charge in [-0.1, -0.05) is 56.7 Å². The lowest BCUT2D eigenvalue weighted by molar-refractivity contribution is 0.304. The molecular formula is C22H28. The summed E-state index contributed by atoms with van der Waals surface area (Å²) >= 11 is 0. The van der Waals surface area contributed by atoms with E-state index in [9.17, 15) is 0 Å². The highest BCUT2D eigenvalue weighted by Crippen LogP contribution is 2.54. The molecule has 0 amide bonds. The van der Waals surface area contributed by atoms with Crippen molar-refractivity contribution in [1.82, 2.24) is 0 Å². The fourth-order valence-corrected chi connectivity index (χ4v) is 4.37. The Morgan fingerprint density at radius 2 is 1.36 bits per heavy atom. The van der Waals surface area contributed by atoms with Gasteiger partial charge in [-0.05, 0) is 72.9 Å². The van der Waals surface area contributed by atoms with Gasteiger partial charge in [0.2, 0.25) is 0 Å². The van der Waals surface area contributed by atoms with Gasteiger partial charge in [-0.2, -0.15) is 0 Å². The third-order valence-electron chi connectivity index (χ3n) is 6.29. The molecule has 0 saturated carbocycles. The van der Waals surface area contributed by atoms with Crippen molar-refractivity contribution in [3.8, 4) is 0 Å². The summed E-state index contributed by atoms with van der Waals surface area (Å²) in [6.07, 6.45) is 1.14. The van der Waals surface area contributed by atoms with Crippen LogP contribution in [0.25, 0.3) is 0 Å². The number of aryl methyl sites for hydroxylation is 4. The zero-order chi connectivity index (χ0) is 16.3. The van der Waals surface area contributed by atoms with Gasteiger partial charge in [0.1, 0.15) is 0 Å². The van der Waals surface area contributed by atoms with Crippen LogP contribution in [-0.2, 0) is 17.3 Å². The SMILES string of the molecule is Cc1ccc(C2(C)Cc3cc(C)c(C)cc3C2(C)C)c(C)c1. The predicted molar refractivity (Wildman–Crippen MR) is 95.9 cm³/mol. The molecular weight excluding hydrogens is 264 g/mol. The van der Waals surface area contributed by atoms with Crippen LogP contribution in [0.5, 0.6) is 0 Å². The normalized spacial score (nSPS) is 22.7. The van der Waals surface area contributed by atoms with E-state index in [1.807, 2.05) is 0 Å². The predicted octanol–water partition coefficient (Wildman–Crippen LogP) is 5.71. The van der Waals surface area contributed by atoms with Gasteiger partial charge >= 0.3 is 0 Å². The molecule has 0 nitrogen and oxygen atoms in total. The summed E-state index contributed by atoms with van der Waals surface area (Å²) in [5.41, 5.74) is 10.5. The quantitative estimate of drug-likeness (QED) is 0.631. The van der Waals surface area contributed by atoms with Crippen molar-refractivity contribution >= 4 is 0 Å². The minimum absolute atomic E-state index is 0.154. The van der Waals surface area contributed by atoms with E-state index in [1.54, 1.807) is 0 Å². The highest BCUT2D eigenvalue weighted by atomic mass is 14.5. The van der Waals surface area contributed by atoms with Crippen LogP contribution >= 0.6 is 0 Å². The van der Waals surface area contributed by atoms with Crippen LogP contribution in [0.4, 0.5) is 0 Å². The van der Waals surface area contributed by atoms with E-state index in [0.29, 0.717) is 0 Å². The largest absolute Gasteiger partial charge is 0.0590 e. The summed E-state index contributed by atoms with van der Waals surface area (Å²) in [5.74, 6) is 0. The van der Waals surface area contributed by atoms with Gasteiger partial charge in [0, 0.05) is 5.41 Å². The van der Waals surface area contributed by atoms with Crippen LogP contribution in [0.3, 0.4) is 0 Å². The summed E-state index contributed by atoms with van der Waals surface area (Å²) in [4.78, 5) is 0. The molecule has 0 radical (unpaired) electrons. The molecule has 116 valence electrons. The monoisotopic (exact) mass is 292 g/mol. The lowest BCUT2D eigenvalue weighted by atomic mass is 9.62. The second-order valence-electron chi connectivity index (χ2n) is 8.05. The van der Waals surface area contributed by atoms with Crippen LogP contribution < -0.4 is 0 Å². The molecule has 0 spiro atoms. The number of hydrogen-bond donors (Lipinski definition) is 0. The Bertz CT molecular complexity index is 749. The highest BCUT2D eigenvalue weighted by molar-refractivity contribution is 5.53. The van der Waals surface area contributed by atoms with E-state index < -0.39 is 0 Å². The molecule has 3 rings (SSSR count). The number of rotatable bonds is 1. The van der Waals surface area contributed by atoms with Crippen LogP contribution in [0.15, 0.2) is 30.3 Å². The first-order valence-corrected chi connectivity index (χ1v) is 8.35. The van der Waals surface area contributed by atoms with Crippen molar-refractivity contribution in [2.24, 2.45) is 0 Å². The number of benzene rings is 2. The summed E-state index contributed by atoms with van der Waals surface area (Å²) in [6, 6.07) is 11.8. The maximum absolute atomic E-state index is 2.45. The van der Waals surface area contributed by atoms with E-state index >= 15 is 0 Å². The molecule has 0 heterocycles. The van der Waals surface area contributed by atoms with E-state index in [0.717, 1.165) is 6.42 Å². The van der Waals surface area contributed by atoms with Gasteiger partial charge < -0.3 is 0 Å². The summed E-state index contributed by atoms with van der Waals surface area (Å²) < 4.78 is 0. The molecule has 1 aliphatic carbocycles. The summed E-state index contributed by atoms with van der Waals surface area (Å²) in [6.45, 7) is 16.2. The smallest absolute Gasteiger partial charge is 0.00593 e. The number of fused-ring (bicyclic) bond motifs is 1. The second kappa shape index (κ2) is 4.72. The lowest BCUT2D eigenvalue weighted by Crippen LogP contribution is -2.40. The van der Waals surface area contributed by atoms with Gasteiger partial charge in [0.15, 0.2) is 0 Å². The first-order chi connectivity index (χ1) is 10.2. The van der Waals surface area contributed by atoms with Crippen molar-refractivity contribution in [2.75, 3.05) is 0 Å². The van der Waals surface area contributed by atoms with Crippen LogP contribution in [0, 0.1) is 27.7 Å². The Morgan fingerprint density at radius 1 is 0.727 bits per heavy atom. The minimum Gasteiger partial charge on any atom is -0.0590 e. The molecule has 2 aromatic carbocycles. The maximum atomic E-state index is 2.45. The number of hydrogen-bond acceptors (Lipinski definition) is 0. The summed E-state index contributed by atoms with van der Waals surface area (Å²) in [7, 11) is 0. The maximum Gasteiger partial charge on any atom is 0.00593 e. The molecule has 0 saturated heterocycles. The lowest BCUT2D eigenvalue weighted by Gasteiger charge is -2.41. The highest BCUT2D eigenvalue weighted by Gasteiger charge is 2.50. The van der Waals surface area contributed by atoms with Crippen LogP contribution in [0.1, 0.15) is 59.7 Å². The fraction of sp³-hybridized carbons (Fsp3) is 0.455. The molecule has 0 fully saturated rings. The Hall–Kier alpha value is -1.56. The van der Waals surface area contributed by atoms with Gasteiger partial charge in [0.25, 0.3) is 0 Å². The average Bonchev–Trinajstić information content (AvgIpc) is 2.59. The van der Waals surface area contributed by atoms with Gasteiger partial charge in [-0.25, -0.2) is 0 Å². The molecule has 1 aliphatic rings. The molecule has 1 unspecified atom stereocenters. The zero-order valence-electron chi connectivity index (χ0n) is 15.1. The van der Waals surface area contributed by atoms with Gasteiger partial charge in [0.05, 0.1) is 0 Å². The Morgan fingerprint density at radius 3 is 2.00 bits per heavy atom. The molecule has 0 aromatic heterocycles. The van der Waals surface area contributed by atoms with Crippen molar-refractivity contribution in [1.29, 1.82) is 0 Å². The second-order valence-corrected chi connectivity index (χ2v) is 8.05. The minimum atomic E-state index is 0.154. The molecule has 2 aromatic rings. The first-order valence-electron chi connectivity index (χ1n) is 8.35. The van der Waals surface area contributed by atoms with Crippen molar-refractivity contribution < 1.29 is 0 Å². The first kappa shape index (κ1) is 15.3. The van der Waals surface area contributed by atoms with Crippen molar-refractivity contribution in [3.63, 3.8) is 0 Å². The Labute approximate surface area is 135 Å². The molecule has 0 heteroatoms. The van der Waals surface area contributed by atoms with Gasteiger partial charge in [-0.15, -0.1) is 0 Å². The molecule has 0 aliphatic heterocycles. The van der Waals surface area contributed by atoms with E-state index in [1.165, 1.54) is 38.9 Å². The average molecular weight is 292 g/mol. The van der Waals surface area contributed by atoms with E-state index in [-0.39, 0.29) is 10.8 Å². The fourth-order valence-electron chi connectivity index (χ4n) is 4.37. The standard InChI is InChI=1S/C22H28/c1-14-8-9-19(17(4)10-14)22(7)13-18-11-15(2)16(3)12-20(18)21(22,5)6/h8-12H,13H2,1-7H3. The Kier molecular flexibility index (Phi) is 3.29. The Balaban J connectivity index is 2.21. The third kappa shape index (κ3) is 1.96. The summed E-state index contributed by atoms with van der Waals surface area (Å²) in [5, 5.41) is 0.